The van der Waals surface area contributed by atoms with Crippen LogP contribution in [-0.4, -0.2) is 52.4 Å². The van der Waals surface area contributed by atoms with Crippen LogP contribution in [0.2, 0.25) is 0 Å². The molecule has 0 radical (unpaired) electrons. The topological polar surface area (TPSA) is 104 Å². The first-order valence-electron chi connectivity index (χ1n) is 13.2. The predicted molar refractivity (Wildman–Crippen MR) is 132 cm³/mol. The molecule has 188 valence electrons. The third-order valence-corrected chi connectivity index (χ3v) is 9.86. The van der Waals surface area contributed by atoms with Gasteiger partial charge in [-0.1, -0.05) is 44.2 Å². The molecule has 5 aliphatic rings. The lowest BCUT2D eigenvalue weighted by molar-refractivity contribution is -0.149. The van der Waals surface area contributed by atoms with Gasteiger partial charge in [-0.25, -0.2) is 0 Å². The molecule has 2 N–H and O–H groups in total. The summed E-state index contributed by atoms with van der Waals surface area (Å²) in [6.07, 6.45) is 6.05. The molecule has 10 atom stereocenters. The van der Waals surface area contributed by atoms with Gasteiger partial charge in [0.25, 0.3) is 0 Å². The quantitative estimate of drug-likeness (QED) is 0.384. The number of para-hydroxylation sites is 1. The van der Waals surface area contributed by atoms with Crippen molar-refractivity contribution in [1.82, 2.24) is 10.3 Å². The molecule has 0 bridgehead atoms. The number of benzene rings is 1. The maximum atomic E-state index is 14.3. The zero-order valence-electron chi connectivity index (χ0n) is 20.8. The lowest BCUT2D eigenvalue weighted by atomic mass is 9.51. The summed E-state index contributed by atoms with van der Waals surface area (Å²) in [7, 11) is 0. The Kier molecular flexibility index (Phi) is 4.60. The largest absolute Gasteiger partial charge is 0.365 e. The molecular weight excluding hydrogens is 456 g/mol. The van der Waals surface area contributed by atoms with Gasteiger partial charge in [0, 0.05) is 41.4 Å². The maximum absolute atomic E-state index is 14.3. The number of hydrogen-bond donors (Lipinski definition) is 2. The minimum absolute atomic E-state index is 0.0257. The number of Topliss-reactive ketones (excluding diaryl/α,β-unsaturated/α-hetero) is 2. The van der Waals surface area contributed by atoms with Crippen molar-refractivity contribution < 1.29 is 23.9 Å². The molecule has 2 aromatic rings. The van der Waals surface area contributed by atoms with Crippen molar-refractivity contribution in [2.45, 2.75) is 70.0 Å². The van der Waals surface area contributed by atoms with E-state index in [0.717, 1.165) is 16.5 Å². The van der Waals surface area contributed by atoms with E-state index in [0.29, 0.717) is 19.3 Å². The predicted octanol–water partition coefficient (Wildman–Crippen LogP) is 3.13. The fourth-order valence-corrected chi connectivity index (χ4v) is 7.79. The molecule has 3 saturated heterocycles. The highest BCUT2D eigenvalue weighted by molar-refractivity contribution is 6.13. The summed E-state index contributed by atoms with van der Waals surface area (Å²) in [5.41, 5.74) is 0.472. The van der Waals surface area contributed by atoms with E-state index in [-0.39, 0.29) is 58.9 Å². The molecule has 7 heteroatoms. The van der Waals surface area contributed by atoms with Crippen LogP contribution >= 0.6 is 0 Å². The average Bonchev–Trinajstić information content (AvgIpc) is 3.72. The molecule has 1 aromatic carbocycles. The van der Waals surface area contributed by atoms with Gasteiger partial charge in [-0.15, -0.1) is 0 Å². The van der Waals surface area contributed by atoms with E-state index < -0.39 is 17.6 Å². The third kappa shape index (κ3) is 2.84. The summed E-state index contributed by atoms with van der Waals surface area (Å²) in [5.74, 6) is -1.04. The monoisotopic (exact) mass is 488 g/mol. The van der Waals surface area contributed by atoms with E-state index in [1.807, 2.05) is 37.4 Å². The van der Waals surface area contributed by atoms with Gasteiger partial charge in [0.05, 0.1) is 11.7 Å². The van der Waals surface area contributed by atoms with E-state index >= 15 is 0 Å². The fraction of sp³-hybridized carbons (Fsp3) is 0.552. The van der Waals surface area contributed by atoms with Crippen molar-refractivity contribution in [3.8, 4) is 0 Å². The first-order valence-corrected chi connectivity index (χ1v) is 13.2. The summed E-state index contributed by atoms with van der Waals surface area (Å²) >= 11 is 0. The van der Waals surface area contributed by atoms with Gasteiger partial charge in [-0.3, -0.25) is 14.4 Å². The van der Waals surface area contributed by atoms with Gasteiger partial charge < -0.3 is 19.8 Å². The lowest BCUT2D eigenvalue weighted by Crippen LogP contribution is -2.59. The van der Waals surface area contributed by atoms with E-state index in [9.17, 15) is 14.4 Å². The van der Waals surface area contributed by atoms with Crippen LogP contribution in [0.5, 0.6) is 0 Å². The fourth-order valence-electron chi connectivity index (χ4n) is 7.79. The first-order chi connectivity index (χ1) is 17.3. The molecule has 3 aliphatic heterocycles. The molecule has 1 aromatic heterocycles. The van der Waals surface area contributed by atoms with Crippen LogP contribution in [0.4, 0.5) is 0 Å². The number of ketones is 2. The van der Waals surface area contributed by atoms with Crippen LogP contribution in [0.1, 0.15) is 39.2 Å². The number of carbonyl (C=O) groups is 3. The summed E-state index contributed by atoms with van der Waals surface area (Å²) in [6.45, 7) is 6.27. The molecule has 1 spiro atoms. The highest BCUT2D eigenvalue weighted by Crippen LogP contribution is 2.66. The molecule has 7 rings (SSSR count). The van der Waals surface area contributed by atoms with E-state index in [1.54, 1.807) is 0 Å². The van der Waals surface area contributed by atoms with Crippen LogP contribution in [0.25, 0.3) is 10.9 Å². The number of fused-ring (bicyclic) bond motifs is 4. The van der Waals surface area contributed by atoms with Gasteiger partial charge in [0.15, 0.2) is 17.7 Å². The number of rotatable bonds is 2. The standard InChI is InChI=1S/C29H32N2O5/c1-14-7-6-9-18-26-28(3,36-26)15(2)22-20(12-16-13-30-19-10-5-4-8-17(16)19)31-27(34)29(18,22)25(33)24-23(35-24)21(32)11-14/h4-6,8-10,13-15,18,20,22-24,26,30H,7,11-12H2,1-3H3,(H,31,34)/b9-6+/t14-,15-,18-,20-,22?,23-,24+,26-,28+,29-/m0/s1. The highest BCUT2D eigenvalue weighted by atomic mass is 16.6. The molecule has 1 saturated carbocycles. The number of aromatic nitrogens is 1. The van der Waals surface area contributed by atoms with Gasteiger partial charge in [-0.05, 0) is 43.2 Å². The SMILES string of the molecule is C[C@H]1C/C=C/[C@H]2[C@@H]3O[C@]3(C)[C@@H](C)C3[C@H](Cc4c[nH]c5ccccc45)NC(=O)[C@]32C(=O)[C@@H]2O[C@H]2C(=O)C1. The summed E-state index contributed by atoms with van der Waals surface area (Å²) < 4.78 is 12.0. The maximum Gasteiger partial charge on any atom is 0.235 e. The average molecular weight is 489 g/mol. The molecule has 2 aliphatic carbocycles. The number of allylic oxidation sites excluding steroid dienone is 1. The Morgan fingerprint density at radius 3 is 2.75 bits per heavy atom. The number of amides is 1. The van der Waals surface area contributed by atoms with Crippen LogP contribution in [0.3, 0.4) is 0 Å². The minimum Gasteiger partial charge on any atom is -0.365 e. The Labute approximate surface area is 210 Å². The summed E-state index contributed by atoms with van der Waals surface area (Å²) in [4.78, 5) is 44.6. The van der Waals surface area contributed by atoms with E-state index in [2.05, 4.69) is 36.3 Å². The number of nitrogens with one attached hydrogen (secondary N) is 2. The van der Waals surface area contributed by atoms with Crippen molar-refractivity contribution >= 4 is 28.4 Å². The van der Waals surface area contributed by atoms with Gasteiger partial charge in [0.2, 0.25) is 5.91 Å². The smallest absolute Gasteiger partial charge is 0.235 e. The number of hydrogen-bond acceptors (Lipinski definition) is 5. The highest BCUT2D eigenvalue weighted by Gasteiger charge is 2.80. The summed E-state index contributed by atoms with van der Waals surface area (Å²) in [6, 6.07) is 7.90. The van der Waals surface area contributed by atoms with Crippen molar-refractivity contribution in [2.24, 2.45) is 29.1 Å². The van der Waals surface area contributed by atoms with E-state index in [4.69, 9.17) is 9.47 Å². The van der Waals surface area contributed by atoms with Gasteiger partial charge in [-0.2, -0.15) is 0 Å². The molecule has 4 fully saturated rings. The van der Waals surface area contributed by atoms with Crippen LogP contribution < -0.4 is 5.32 Å². The Hall–Kier alpha value is -2.77. The third-order valence-electron chi connectivity index (χ3n) is 9.86. The Morgan fingerprint density at radius 2 is 1.92 bits per heavy atom. The van der Waals surface area contributed by atoms with Crippen molar-refractivity contribution in [3.05, 3.63) is 48.2 Å². The number of epoxide rings is 2. The number of H-pyrrole nitrogens is 1. The molecular formula is C29H32N2O5. The normalized spacial score (nSPS) is 46.1. The molecule has 1 amide bonds. The second-order valence-corrected chi connectivity index (χ2v) is 11.9. The second kappa shape index (κ2) is 7.39. The Balaban J connectivity index is 1.35. The zero-order chi connectivity index (χ0) is 25.0. The lowest BCUT2D eigenvalue weighted by Gasteiger charge is -2.45. The number of carbonyl (C=O) groups excluding carboxylic acids is 3. The molecule has 36 heavy (non-hydrogen) atoms. The number of aromatic amines is 1. The minimum atomic E-state index is -1.30. The van der Waals surface area contributed by atoms with Crippen molar-refractivity contribution in [3.63, 3.8) is 0 Å². The van der Waals surface area contributed by atoms with Gasteiger partial charge >= 0.3 is 0 Å². The summed E-state index contributed by atoms with van der Waals surface area (Å²) in [5, 5.41) is 4.39. The van der Waals surface area contributed by atoms with Crippen molar-refractivity contribution in [1.29, 1.82) is 0 Å². The molecule has 7 nitrogen and oxygen atoms in total. The Bertz CT molecular complexity index is 1330. The van der Waals surface area contributed by atoms with Gasteiger partial charge in [0.1, 0.15) is 11.5 Å². The van der Waals surface area contributed by atoms with Crippen LogP contribution in [0.15, 0.2) is 42.6 Å². The van der Waals surface area contributed by atoms with E-state index in [1.165, 1.54) is 0 Å². The second-order valence-electron chi connectivity index (χ2n) is 11.9. The van der Waals surface area contributed by atoms with Crippen LogP contribution in [-0.2, 0) is 30.3 Å². The Morgan fingerprint density at radius 1 is 1.11 bits per heavy atom. The van der Waals surface area contributed by atoms with Crippen molar-refractivity contribution in [2.75, 3.05) is 0 Å². The zero-order valence-corrected chi connectivity index (χ0v) is 20.8. The first kappa shape index (κ1) is 22.4. The van der Waals surface area contributed by atoms with Crippen LogP contribution in [0, 0.1) is 29.1 Å². The molecule has 1 unspecified atom stereocenters. The molecule has 4 heterocycles. The number of ether oxygens (including phenoxy) is 2.